The summed E-state index contributed by atoms with van der Waals surface area (Å²) in [6, 6.07) is 9.25. The Kier molecular flexibility index (Phi) is 4.63. The van der Waals surface area contributed by atoms with Crippen LogP contribution in [0.1, 0.15) is 0 Å². The topological polar surface area (TPSA) is 89.7 Å². The van der Waals surface area contributed by atoms with Gasteiger partial charge in [-0.05, 0) is 30.3 Å². The third-order valence-electron chi connectivity index (χ3n) is 3.14. The summed E-state index contributed by atoms with van der Waals surface area (Å²) in [5.74, 6) is 1.28. The molecule has 0 saturated heterocycles. The molecule has 3 heterocycles. The highest BCUT2D eigenvalue weighted by atomic mass is 16.1. The maximum absolute atomic E-state index is 11.7. The summed E-state index contributed by atoms with van der Waals surface area (Å²) in [7, 11) is 0. The molecule has 0 aliphatic heterocycles. The number of hydrogen-bond donors (Lipinski definition) is 2. The van der Waals surface area contributed by atoms with Crippen molar-refractivity contribution in [3.63, 3.8) is 0 Å². The summed E-state index contributed by atoms with van der Waals surface area (Å²) in [6.07, 6.45) is 7.20. The molecule has 0 aliphatic carbocycles. The molecule has 8 heteroatoms. The second-order valence-electron chi connectivity index (χ2n) is 4.86. The maximum Gasteiger partial charge on any atom is 0.239 e. The normalized spacial score (nSPS) is 10.4. The predicted molar refractivity (Wildman–Crippen MR) is 85.1 cm³/mol. The fourth-order valence-corrected chi connectivity index (χ4v) is 2.04. The first-order valence-corrected chi connectivity index (χ1v) is 7.26. The maximum atomic E-state index is 11.7. The van der Waals surface area contributed by atoms with E-state index in [0.717, 1.165) is 0 Å². The summed E-state index contributed by atoms with van der Waals surface area (Å²) in [4.78, 5) is 11.7. The molecule has 0 unspecified atom stereocenters. The van der Waals surface area contributed by atoms with E-state index >= 15 is 0 Å². The largest absolute Gasteiger partial charge is 0.367 e. The summed E-state index contributed by atoms with van der Waals surface area (Å²) in [5.41, 5.74) is 0. The van der Waals surface area contributed by atoms with Crippen LogP contribution in [0.5, 0.6) is 0 Å². The highest BCUT2D eigenvalue weighted by molar-refractivity contribution is 5.75. The van der Waals surface area contributed by atoms with Crippen molar-refractivity contribution < 1.29 is 4.79 Å². The first kappa shape index (κ1) is 14.8. The Labute approximate surface area is 133 Å². The number of amides is 1. The molecule has 2 N–H and O–H groups in total. The van der Waals surface area contributed by atoms with Gasteiger partial charge in [-0.3, -0.25) is 4.79 Å². The smallest absolute Gasteiger partial charge is 0.239 e. The fraction of sp³-hybridized carbons (Fsp3) is 0.200. The highest BCUT2D eigenvalue weighted by Gasteiger charge is 2.02. The summed E-state index contributed by atoms with van der Waals surface area (Å²) in [5, 5.41) is 18.2. The first-order chi connectivity index (χ1) is 11.3. The molecule has 0 fully saturated rings. The van der Waals surface area contributed by atoms with E-state index in [9.17, 15) is 4.79 Å². The molecular formula is C15H17N7O. The van der Waals surface area contributed by atoms with Crippen LogP contribution in [0.15, 0.2) is 55.1 Å². The number of nitrogens with zero attached hydrogens (tertiary/aromatic N) is 5. The van der Waals surface area contributed by atoms with E-state index in [1.807, 2.05) is 47.3 Å². The van der Waals surface area contributed by atoms with Gasteiger partial charge in [0.25, 0.3) is 0 Å². The van der Waals surface area contributed by atoms with Crippen LogP contribution >= 0.6 is 0 Å². The number of anilines is 1. The molecule has 0 aromatic carbocycles. The van der Waals surface area contributed by atoms with Gasteiger partial charge in [-0.1, -0.05) is 0 Å². The monoisotopic (exact) mass is 311 g/mol. The van der Waals surface area contributed by atoms with Gasteiger partial charge in [-0.15, -0.1) is 10.2 Å². The minimum atomic E-state index is -0.0249. The SMILES string of the molecule is O=C(Cn1cccc1)NCCNc1ccc(-n2cccn2)nn1. The quantitative estimate of drug-likeness (QED) is 0.627. The second-order valence-corrected chi connectivity index (χ2v) is 4.86. The van der Waals surface area contributed by atoms with Crippen molar-refractivity contribution in [3.8, 4) is 5.82 Å². The molecule has 0 bridgehead atoms. The number of carbonyl (C=O) groups excluding carboxylic acids is 1. The zero-order valence-corrected chi connectivity index (χ0v) is 12.5. The zero-order valence-electron chi connectivity index (χ0n) is 12.5. The Morgan fingerprint density at radius 1 is 1.04 bits per heavy atom. The van der Waals surface area contributed by atoms with E-state index < -0.39 is 0 Å². The standard InChI is InChI=1S/C15H17N7O/c23-15(12-21-9-1-2-10-21)17-8-7-16-13-4-5-14(20-19-13)22-11-3-6-18-22/h1-6,9-11H,7-8,12H2,(H,16,19)(H,17,23). The predicted octanol–water partition coefficient (Wildman–Crippen LogP) is 0.692. The van der Waals surface area contributed by atoms with Crippen LogP contribution in [0.25, 0.3) is 5.82 Å². The van der Waals surface area contributed by atoms with Crippen molar-refractivity contribution >= 4 is 11.7 Å². The molecule has 0 atom stereocenters. The van der Waals surface area contributed by atoms with Gasteiger partial charge in [0, 0.05) is 37.9 Å². The number of hydrogen-bond acceptors (Lipinski definition) is 5. The van der Waals surface area contributed by atoms with Gasteiger partial charge in [-0.2, -0.15) is 5.10 Å². The fourth-order valence-electron chi connectivity index (χ4n) is 2.04. The van der Waals surface area contributed by atoms with Crippen molar-refractivity contribution in [2.45, 2.75) is 6.54 Å². The molecule has 3 aromatic heterocycles. The third-order valence-corrected chi connectivity index (χ3v) is 3.14. The van der Waals surface area contributed by atoms with E-state index in [2.05, 4.69) is 25.9 Å². The lowest BCUT2D eigenvalue weighted by atomic mass is 10.4. The van der Waals surface area contributed by atoms with Gasteiger partial charge in [0.2, 0.25) is 5.91 Å². The number of aromatic nitrogens is 5. The molecule has 8 nitrogen and oxygen atoms in total. The molecular weight excluding hydrogens is 294 g/mol. The summed E-state index contributed by atoms with van der Waals surface area (Å²) in [6.45, 7) is 1.42. The van der Waals surface area contributed by atoms with Crippen molar-refractivity contribution in [1.82, 2.24) is 29.9 Å². The Morgan fingerprint density at radius 3 is 2.61 bits per heavy atom. The molecule has 0 aliphatic rings. The zero-order chi connectivity index (χ0) is 15.9. The lowest BCUT2D eigenvalue weighted by molar-refractivity contribution is -0.121. The number of rotatable bonds is 7. The molecule has 0 spiro atoms. The molecule has 23 heavy (non-hydrogen) atoms. The van der Waals surface area contributed by atoms with Crippen molar-refractivity contribution in [3.05, 3.63) is 55.1 Å². The van der Waals surface area contributed by atoms with Crippen LogP contribution in [0, 0.1) is 0 Å². The summed E-state index contributed by atoms with van der Waals surface area (Å²) < 4.78 is 3.46. The van der Waals surface area contributed by atoms with Gasteiger partial charge < -0.3 is 15.2 Å². The molecule has 3 rings (SSSR count). The average Bonchev–Trinajstić information content (AvgIpc) is 3.26. The lowest BCUT2D eigenvalue weighted by Crippen LogP contribution is -2.31. The van der Waals surface area contributed by atoms with Crippen LogP contribution in [0.4, 0.5) is 5.82 Å². The Morgan fingerprint density at radius 2 is 1.91 bits per heavy atom. The molecule has 0 saturated carbocycles. The Balaban J connectivity index is 1.39. The van der Waals surface area contributed by atoms with Crippen LogP contribution in [0.2, 0.25) is 0 Å². The van der Waals surface area contributed by atoms with Crippen molar-refractivity contribution in [2.75, 3.05) is 18.4 Å². The van der Waals surface area contributed by atoms with E-state index in [1.54, 1.807) is 17.1 Å². The van der Waals surface area contributed by atoms with Gasteiger partial charge >= 0.3 is 0 Å². The van der Waals surface area contributed by atoms with Crippen LogP contribution in [0.3, 0.4) is 0 Å². The Bertz CT molecular complexity index is 720. The molecule has 118 valence electrons. The van der Waals surface area contributed by atoms with Crippen molar-refractivity contribution in [1.29, 1.82) is 0 Å². The van der Waals surface area contributed by atoms with E-state index in [4.69, 9.17) is 0 Å². The minimum absolute atomic E-state index is 0.0249. The second kappa shape index (κ2) is 7.21. The van der Waals surface area contributed by atoms with Crippen LogP contribution in [-0.2, 0) is 11.3 Å². The van der Waals surface area contributed by atoms with Crippen molar-refractivity contribution in [2.24, 2.45) is 0 Å². The van der Waals surface area contributed by atoms with Gasteiger partial charge in [0.05, 0.1) is 0 Å². The van der Waals surface area contributed by atoms with Gasteiger partial charge in [0.15, 0.2) is 5.82 Å². The molecule has 0 radical (unpaired) electrons. The first-order valence-electron chi connectivity index (χ1n) is 7.26. The number of nitrogens with one attached hydrogen (secondary N) is 2. The molecule has 1 amide bonds. The minimum Gasteiger partial charge on any atom is -0.367 e. The van der Waals surface area contributed by atoms with Gasteiger partial charge in [0.1, 0.15) is 12.4 Å². The van der Waals surface area contributed by atoms with E-state index in [-0.39, 0.29) is 5.91 Å². The van der Waals surface area contributed by atoms with Crippen LogP contribution in [-0.4, -0.2) is 43.5 Å². The van der Waals surface area contributed by atoms with E-state index in [0.29, 0.717) is 31.3 Å². The Hall–Kier alpha value is -3.16. The third kappa shape index (κ3) is 4.16. The van der Waals surface area contributed by atoms with E-state index in [1.165, 1.54) is 0 Å². The van der Waals surface area contributed by atoms with Crippen LogP contribution < -0.4 is 10.6 Å². The molecule has 3 aromatic rings. The number of carbonyl (C=O) groups is 1. The summed E-state index contributed by atoms with van der Waals surface area (Å²) >= 11 is 0. The lowest BCUT2D eigenvalue weighted by Gasteiger charge is -2.08. The van der Waals surface area contributed by atoms with Gasteiger partial charge in [-0.25, -0.2) is 4.68 Å². The highest BCUT2D eigenvalue weighted by Crippen LogP contribution is 2.04. The average molecular weight is 311 g/mol.